The van der Waals surface area contributed by atoms with Crippen molar-refractivity contribution in [3.8, 4) is 0 Å². The van der Waals surface area contributed by atoms with Crippen LogP contribution in [0.5, 0.6) is 0 Å². The number of carbonyl (C=O) groups excluding carboxylic acids is 2. The first kappa shape index (κ1) is 18.5. The van der Waals surface area contributed by atoms with Crippen molar-refractivity contribution in [1.82, 2.24) is 5.32 Å². The summed E-state index contributed by atoms with van der Waals surface area (Å²) in [5.74, 6) is -4.44. The second-order valence-corrected chi connectivity index (χ2v) is 5.79. The lowest BCUT2D eigenvalue weighted by molar-refractivity contribution is -0.118. The Labute approximate surface area is 143 Å². The molecule has 7 heteroatoms. The summed E-state index contributed by atoms with van der Waals surface area (Å²) in [5, 5.41) is 4.87. The zero-order valence-electron chi connectivity index (χ0n) is 13.6. The van der Waals surface area contributed by atoms with Crippen LogP contribution in [0.4, 0.5) is 18.9 Å². The highest BCUT2D eigenvalue weighted by atomic mass is 19.1. The second-order valence-electron chi connectivity index (χ2n) is 5.79. The zero-order chi connectivity index (χ0) is 18.6. The molecule has 0 aliphatic rings. The first-order chi connectivity index (χ1) is 11.8. The Hall–Kier alpha value is -2.83. The largest absolute Gasteiger partial charge is 0.340 e. The lowest BCUT2D eigenvalue weighted by Gasteiger charge is -2.22. The van der Waals surface area contributed by atoms with Crippen LogP contribution in [0.15, 0.2) is 42.5 Å². The minimum Gasteiger partial charge on any atom is -0.340 e. The van der Waals surface area contributed by atoms with E-state index in [9.17, 15) is 22.8 Å². The molecule has 0 bridgehead atoms. The van der Waals surface area contributed by atoms with Gasteiger partial charge in [0.25, 0.3) is 5.91 Å². The third kappa shape index (κ3) is 4.59. The van der Waals surface area contributed by atoms with E-state index < -0.39 is 40.9 Å². The Morgan fingerprint density at radius 2 is 1.48 bits per heavy atom. The summed E-state index contributed by atoms with van der Waals surface area (Å²) in [6, 6.07) is 7.11. The molecule has 2 rings (SSSR count). The quantitative estimate of drug-likeness (QED) is 0.867. The number of amides is 2. The van der Waals surface area contributed by atoms with E-state index in [1.54, 1.807) is 13.8 Å². The fourth-order valence-electron chi connectivity index (χ4n) is 2.22. The van der Waals surface area contributed by atoms with Gasteiger partial charge in [0.2, 0.25) is 5.91 Å². The van der Waals surface area contributed by atoms with Crippen LogP contribution in [0.1, 0.15) is 24.2 Å². The second kappa shape index (κ2) is 7.83. The highest BCUT2D eigenvalue weighted by molar-refractivity contribution is 6.01. The van der Waals surface area contributed by atoms with Gasteiger partial charge in [0.15, 0.2) is 0 Å². The van der Waals surface area contributed by atoms with Crippen molar-refractivity contribution < 1.29 is 22.8 Å². The molecule has 0 radical (unpaired) electrons. The summed E-state index contributed by atoms with van der Waals surface area (Å²) in [6.07, 6.45) is 0. The fraction of sp³-hybridized carbons (Fsp3) is 0.222. The number of benzene rings is 2. The van der Waals surface area contributed by atoms with Gasteiger partial charge in [-0.05, 0) is 42.3 Å². The number of carbonyl (C=O) groups is 2. The maximum Gasteiger partial charge on any atom is 0.257 e. The van der Waals surface area contributed by atoms with Gasteiger partial charge < -0.3 is 10.6 Å². The molecule has 0 saturated carbocycles. The van der Waals surface area contributed by atoms with E-state index in [1.165, 1.54) is 24.3 Å². The molecule has 0 aliphatic heterocycles. The van der Waals surface area contributed by atoms with Crippen molar-refractivity contribution in [2.24, 2.45) is 5.92 Å². The molecule has 2 amide bonds. The van der Waals surface area contributed by atoms with Gasteiger partial charge in [0.1, 0.15) is 29.1 Å². The van der Waals surface area contributed by atoms with Crippen LogP contribution < -0.4 is 10.6 Å². The van der Waals surface area contributed by atoms with E-state index in [1.807, 2.05) is 0 Å². The Morgan fingerprint density at radius 3 is 2.00 bits per heavy atom. The first-order valence-corrected chi connectivity index (χ1v) is 7.61. The van der Waals surface area contributed by atoms with Gasteiger partial charge in [0, 0.05) is 5.69 Å². The number of hydrogen-bond donors (Lipinski definition) is 2. The van der Waals surface area contributed by atoms with Gasteiger partial charge >= 0.3 is 0 Å². The lowest BCUT2D eigenvalue weighted by atomic mass is 10.0. The molecule has 0 spiro atoms. The van der Waals surface area contributed by atoms with Gasteiger partial charge in [0.05, 0.1) is 0 Å². The van der Waals surface area contributed by atoms with Crippen LogP contribution in [0.25, 0.3) is 0 Å². The Balaban J connectivity index is 2.16. The van der Waals surface area contributed by atoms with Crippen LogP contribution in [0, 0.1) is 23.4 Å². The molecule has 2 aromatic rings. The molecule has 0 unspecified atom stereocenters. The number of nitrogens with one attached hydrogen (secondary N) is 2. The van der Waals surface area contributed by atoms with E-state index in [2.05, 4.69) is 10.6 Å². The molecule has 0 aromatic heterocycles. The molecule has 2 aromatic carbocycles. The Morgan fingerprint density at radius 1 is 0.920 bits per heavy atom. The predicted octanol–water partition coefficient (Wildman–Crippen LogP) is 3.50. The van der Waals surface area contributed by atoms with Gasteiger partial charge in [-0.25, -0.2) is 13.2 Å². The smallest absolute Gasteiger partial charge is 0.257 e. The van der Waals surface area contributed by atoms with Crippen molar-refractivity contribution in [2.75, 3.05) is 5.32 Å². The Kier molecular flexibility index (Phi) is 5.80. The number of rotatable bonds is 5. The average Bonchev–Trinajstić information content (AvgIpc) is 2.54. The molecular weight excluding hydrogens is 333 g/mol. The van der Waals surface area contributed by atoms with Crippen molar-refractivity contribution in [3.05, 3.63) is 65.5 Å². The zero-order valence-corrected chi connectivity index (χ0v) is 13.6. The summed E-state index contributed by atoms with van der Waals surface area (Å²) in [4.78, 5) is 24.6. The normalized spacial score (nSPS) is 11.9. The number of hydrogen-bond acceptors (Lipinski definition) is 2. The fourth-order valence-corrected chi connectivity index (χ4v) is 2.22. The van der Waals surface area contributed by atoms with E-state index >= 15 is 0 Å². The highest BCUT2D eigenvalue weighted by Gasteiger charge is 2.27. The molecule has 2 N–H and O–H groups in total. The van der Waals surface area contributed by atoms with Crippen molar-refractivity contribution >= 4 is 17.5 Å². The summed E-state index contributed by atoms with van der Waals surface area (Å²) in [7, 11) is 0. The van der Waals surface area contributed by atoms with Crippen LogP contribution >= 0.6 is 0 Å². The monoisotopic (exact) mass is 350 g/mol. The molecule has 0 heterocycles. The molecule has 132 valence electrons. The van der Waals surface area contributed by atoms with Crippen LogP contribution in [-0.4, -0.2) is 17.9 Å². The van der Waals surface area contributed by atoms with Crippen molar-refractivity contribution in [3.63, 3.8) is 0 Å². The highest BCUT2D eigenvalue weighted by Crippen LogP contribution is 2.15. The van der Waals surface area contributed by atoms with E-state index in [-0.39, 0.29) is 5.92 Å². The standard InChI is InChI=1S/C18H17F3N2O2/c1-10(2)16(18(25)22-12-8-6-11(19)7-9-12)23-17(24)15-13(20)4-3-5-14(15)21/h3-10,16H,1-2H3,(H,22,25)(H,23,24)/t16-/m0/s1. The minimum atomic E-state index is -1.03. The molecular formula is C18H17F3N2O2. The topological polar surface area (TPSA) is 58.2 Å². The molecule has 1 atom stereocenters. The minimum absolute atomic E-state index is 0.336. The molecule has 25 heavy (non-hydrogen) atoms. The third-order valence-electron chi connectivity index (χ3n) is 3.54. The maximum absolute atomic E-state index is 13.7. The molecule has 0 saturated heterocycles. The number of anilines is 1. The Bertz CT molecular complexity index is 756. The maximum atomic E-state index is 13.7. The SMILES string of the molecule is CC(C)[C@H](NC(=O)c1c(F)cccc1F)C(=O)Nc1ccc(F)cc1. The predicted molar refractivity (Wildman–Crippen MR) is 87.5 cm³/mol. The van der Waals surface area contributed by atoms with E-state index in [4.69, 9.17) is 0 Å². The summed E-state index contributed by atoms with van der Waals surface area (Å²) in [5.41, 5.74) is -0.411. The summed E-state index contributed by atoms with van der Waals surface area (Å²) < 4.78 is 40.3. The molecule has 4 nitrogen and oxygen atoms in total. The summed E-state index contributed by atoms with van der Waals surface area (Å²) >= 11 is 0. The van der Waals surface area contributed by atoms with E-state index in [0.717, 1.165) is 18.2 Å². The first-order valence-electron chi connectivity index (χ1n) is 7.61. The van der Waals surface area contributed by atoms with Gasteiger partial charge in [-0.15, -0.1) is 0 Å². The van der Waals surface area contributed by atoms with Gasteiger partial charge in [-0.3, -0.25) is 9.59 Å². The van der Waals surface area contributed by atoms with E-state index in [0.29, 0.717) is 5.69 Å². The van der Waals surface area contributed by atoms with Crippen LogP contribution in [0.3, 0.4) is 0 Å². The number of halogens is 3. The lowest BCUT2D eigenvalue weighted by Crippen LogP contribution is -2.47. The summed E-state index contributed by atoms with van der Waals surface area (Å²) in [6.45, 7) is 3.35. The van der Waals surface area contributed by atoms with Crippen molar-refractivity contribution in [2.45, 2.75) is 19.9 Å². The molecule has 0 aliphatic carbocycles. The average molecular weight is 350 g/mol. The van der Waals surface area contributed by atoms with Crippen LogP contribution in [0.2, 0.25) is 0 Å². The van der Waals surface area contributed by atoms with Gasteiger partial charge in [-0.1, -0.05) is 19.9 Å². The van der Waals surface area contributed by atoms with Crippen LogP contribution in [-0.2, 0) is 4.79 Å². The third-order valence-corrected chi connectivity index (χ3v) is 3.54. The molecule has 0 fully saturated rings. The van der Waals surface area contributed by atoms with Crippen molar-refractivity contribution in [1.29, 1.82) is 0 Å². The van der Waals surface area contributed by atoms with Gasteiger partial charge in [-0.2, -0.15) is 0 Å².